The highest BCUT2D eigenvalue weighted by atomic mass is 16.5. The molecule has 2 nitrogen and oxygen atoms in total. The summed E-state index contributed by atoms with van der Waals surface area (Å²) in [5, 5.41) is 3.74. The number of ether oxygens (including phenoxy) is 1. The van der Waals surface area contributed by atoms with Gasteiger partial charge in [0.2, 0.25) is 0 Å². The minimum atomic E-state index is 0.593. The first-order valence-corrected chi connectivity index (χ1v) is 7.50. The molecule has 1 saturated carbocycles. The fourth-order valence-electron chi connectivity index (χ4n) is 3.30. The van der Waals surface area contributed by atoms with Crippen LogP contribution in [0.1, 0.15) is 40.0 Å². The lowest BCUT2D eigenvalue weighted by Gasteiger charge is -2.38. The number of hydrogen-bond acceptors (Lipinski definition) is 2. The average molecular weight is 261 g/mol. The number of hydrogen-bond donors (Lipinski definition) is 1. The van der Waals surface area contributed by atoms with Crippen LogP contribution < -0.4 is 10.1 Å². The molecule has 19 heavy (non-hydrogen) atoms. The van der Waals surface area contributed by atoms with E-state index in [4.69, 9.17) is 4.74 Å². The van der Waals surface area contributed by atoms with E-state index in [0.29, 0.717) is 6.04 Å². The standard InChI is InChI=1S/C17H27NO/c1-12(2)16-9-8-13(3)10-17(16)18-14-6-5-7-15(11-14)19-4/h5-7,11-13,16-18H,8-10H2,1-4H3/t13-,16-,17+/m0/s1. The Morgan fingerprint density at radius 1 is 1.26 bits per heavy atom. The molecule has 2 rings (SSSR count). The average Bonchev–Trinajstić information content (AvgIpc) is 2.38. The number of methoxy groups -OCH3 is 1. The van der Waals surface area contributed by atoms with E-state index in [1.807, 2.05) is 6.07 Å². The monoisotopic (exact) mass is 261 g/mol. The van der Waals surface area contributed by atoms with Crippen LogP contribution in [-0.2, 0) is 0 Å². The molecule has 0 heterocycles. The molecule has 0 unspecified atom stereocenters. The summed E-state index contributed by atoms with van der Waals surface area (Å²) in [6.45, 7) is 7.07. The van der Waals surface area contributed by atoms with Crippen molar-refractivity contribution in [1.82, 2.24) is 0 Å². The maximum atomic E-state index is 5.30. The van der Waals surface area contributed by atoms with Crippen molar-refractivity contribution in [1.29, 1.82) is 0 Å². The van der Waals surface area contributed by atoms with Gasteiger partial charge in [0.25, 0.3) is 0 Å². The zero-order valence-corrected chi connectivity index (χ0v) is 12.6. The van der Waals surface area contributed by atoms with Crippen molar-refractivity contribution in [3.63, 3.8) is 0 Å². The van der Waals surface area contributed by atoms with Gasteiger partial charge in [-0.3, -0.25) is 0 Å². The Kier molecular flexibility index (Phi) is 4.73. The third-order valence-electron chi connectivity index (χ3n) is 4.44. The second-order valence-corrected chi connectivity index (χ2v) is 6.31. The lowest BCUT2D eigenvalue weighted by Crippen LogP contribution is -2.37. The molecule has 3 atom stereocenters. The molecular weight excluding hydrogens is 234 g/mol. The molecule has 1 aliphatic carbocycles. The van der Waals surface area contributed by atoms with Gasteiger partial charge < -0.3 is 10.1 Å². The highest BCUT2D eigenvalue weighted by Gasteiger charge is 2.30. The SMILES string of the molecule is COc1cccc(N[C@@H]2C[C@@H](C)CC[C@H]2C(C)C)c1. The summed E-state index contributed by atoms with van der Waals surface area (Å²) in [7, 11) is 1.72. The van der Waals surface area contributed by atoms with Gasteiger partial charge >= 0.3 is 0 Å². The number of anilines is 1. The van der Waals surface area contributed by atoms with Crippen LogP contribution in [0.25, 0.3) is 0 Å². The highest BCUT2D eigenvalue weighted by molar-refractivity contribution is 5.49. The zero-order chi connectivity index (χ0) is 13.8. The summed E-state index contributed by atoms with van der Waals surface area (Å²) < 4.78 is 5.30. The summed E-state index contributed by atoms with van der Waals surface area (Å²) in [4.78, 5) is 0. The van der Waals surface area contributed by atoms with Crippen molar-refractivity contribution in [2.75, 3.05) is 12.4 Å². The van der Waals surface area contributed by atoms with Gasteiger partial charge in [0.1, 0.15) is 5.75 Å². The van der Waals surface area contributed by atoms with Gasteiger partial charge in [-0.15, -0.1) is 0 Å². The molecule has 106 valence electrons. The lowest BCUT2D eigenvalue weighted by atomic mass is 9.74. The summed E-state index contributed by atoms with van der Waals surface area (Å²) in [6.07, 6.45) is 4.00. The van der Waals surface area contributed by atoms with Crippen molar-refractivity contribution < 1.29 is 4.74 Å². The second kappa shape index (κ2) is 6.31. The molecule has 0 spiro atoms. The maximum absolute atomic E-state index is 5.30. The second-order valence-electron chi connectivity index (χ2n) is 6.31. The maximum Gasteiger partial charge on any atom is 0.120 e. The van der Waals surface area contributed by atoms with Gasteiger partial charge in [0, 0.05) is 17.8 Å². The predicted octanol–water partition coefficient (Wildman–Crippen LogP) is 4.57. The van der Waals surface area contributed by atoms with E-state index in [-0.39, 0.29) is 0 Å². The van der Waals surface area contributed by atoms with E-state index in [1.165, 1.54) is 24.9 Å². The van der Waals surface area contributed by atoms with Crippen molar-refractivity contribution in [3.8, 4) is 5.75 Å². The predicted molar refractivity (Wildman–Crippen MR) is 81.7 cm³/mol. The third-order valence-corrected chi connectivity index (χ3v) is 4.44. The third kappa shape index (κ3) is 3.65. The largest absolute Gasteiger partial charge is 0.497 e. The van der Waals surface area contributed by atoms with Crippen LogP contribution in [0.5, 0.6) is 5.75 Å². The Balaban J connectivity index is 2.09. The summed E-state index contributed by atoms with van der Waals surface area (Å²) >= 11 is 0. The Morgan fingerprint density at radius 2 is 2.05 bits per heavy atom. The Morgan fingerprint density at radius 3 is 2.74 bits per heavy atom. The smallest absolute Gasteiger partial charge is 0.120 e. The van der Waals surface area contributed by atoms with Crippen molar-refractivity contribution >= 4 is 5.69 Å². The van der Waals surface area contributed by atoms with Crippen molar-refractivity contribution in [2.45, 2.75) is 46.1 Å². The fraction of sp³-hybridized carbons (Fsp3) is 0.647. The van der Waals surface area contributed by atoms with Crippen molar-refractivity contribution in [3.05, 3.63) is 24.3 Å². The topological polar surface area (TPSA) is 21.3 Å². The first kappa shape index (κ1) is 14.2. The molecule has 0 aromatic heterocycles. The van der Waals surface area contributed by atoms with Gasteiger partial charge in [-0.05, 0) is 42.7 Å². The van der Waals surface area contributed by atoms with Crippen LogP contribution in [0.2, 0.25) is 0 Å². The van der Waals surface area contributed by atoms with E-state index in [2.05, 4.69) is 44.3 Å². The number of nitrogens with one attached hydrogen (secondary N) is 1. The number of rotatable bonds is 4. The minimum absolute atomic E-state index is 0.593. The quantitative estimate of drug-likeness (QED) is 0.857. The molecule has 1 aliphatic rings. The zero-order valence-electron chi connectivity index (χ0n) is 12.6. The minimum Gasteiger partial charge on any atom is -0.497 e. The van der Waals surface area contributed by atoms with Crippen LogP contribution in [0.15, 0.2) is 24.3 Å². The van der Waals surface area contributed by atoms with Gasteiger partial charge in [0.15, 0.2) is 0 Å². The molecule has 1 fully saturated rings. The van der Waals surface area contributed by atoms with Crippen LogP contribution in [0.3, 0.4) is 0 Å². The van der Waals surface area contributed by atoms with Gasteiger partial charge in [0.05, 0.1) is 7.11 Å². The molecule has 0 saturated heterocycles. The molecule has 2 heteroatoms. The van der Waals surface area contributed by atoms with Crippen LogP contribution in [-0.4, -0.2) is 13.2 Å². The van der Waals surface area contributed by atoms with Crippen LogP contribution in [0.4, 0.5) is 5.69 Å². The first-order valence-electron chi connectivity index (χ1n) is 7.50. The van der Waals surface area contributed by atoms with E-state index in [1.54, 1.807) is 7.11 Å². The molecule has 1 aromatic rings. The van der Waals surface area contributed by atoms with Crippen LogP contribution in [0, 0.1) is 17.8 Å². The molecule has 1 N–H and O–H groups in total. The Labute approximate surface area is 117 Å². The van der Waals surface area contributed by atoms with Gasteiger partial charge in [-0.2, -0.15) is 0 Å². The summed E-state index contributed by atoms with van der Waals surface area (Å²) in [5.74, 6) is 3.28. The normalized spacial score (nSPS) is 27.3. The molecular formula is C17H27NO. The number of benzene rings is 1. The van der Waals surface area contributed by atoms with Crippen LogP contribution >= 0.6 is 0 Å². The van der Waals surface area contributed by atoms with E-state index in [0.717, 1.165) is 23.5 Å². The van der Waals surface area contributed by atoms with Gasteiger partial charge in [-0.25, -0.2) is 0 Å². The molecule has 0 bridgehead atoms. The molecule has 0 amide bonds. The molecule has 1 aromatic carbocycles. The summed E-state index contributed by atoms with van der Waals surface area (Å²) in [5.41, 5.74) is 1.18. The Hall–Kier alpha value is -1.18. The Bertz CT molecular complexity index is 402. The molecule has 0 aliphatic heterocycles. The van der Waals surface area contributed by atoms with E-state index < -0.39 is 0 Å². The van der Waals surface area contributed by atoms with E-state index in [9.17, 15) is 0 Å². The summed E-state index contributed by atoms with van der Waals surface area (Å²) in [6, 6.07) is 8.87. The molecule has 0 radical (unpaired) electrons. The van der Waals surface area contributed by atoms with E-state index >= 15 is 0 Å². The fourth-order valence-corrected chi connectivity index (χ4v) is 3.30. The van der Waals surface area contributed by atoms with Gasteiger partial charge in [-0.1, -0.05) is 33.3 Å². The lowest BCUT2D eigenvalue weighted by molar-refractivity contribution is 0.212. The highest BCUT2D eigenvalue weighted by Crippen LogP contribution is 2.35. The first-order chi connectivity index (χ1) is 9.10. The van der Waals surface area contributed by atoms with Crippen molar-refractivity contribution in [2.24, 2.45) is 17.8 Å².